The van der Waals surface area contributed by atoms with E-state index >= 15 is 0 Å². The molecule has 0 aromatic carbocycles. The highest BCUT2D eigenvalue weighted by Crippen LogP contribution is 2.50. The average molecular weight is 277 g/mol. The van der Waals surface area contributed by atoms with E-state index < -0.39 is 0 Å². The molecule has 18 heavy (non-hydrogen) atoms. The van der Waals surface area contributed by atoms with E-state index in [0.717, 1.165) is 32.6 Å². The molecule has 1 saturated carbocycles. The zero-order valence-corrected chi connectivity index (χ0v) is 12.1. The molecule has 0 aromatic heterocycles. The predicted octanol–water partition coefficient (Wildman–Crippen LogP) is 1.32. The molecule has 1 amide bonds. The van der Waals surface area contributed by atoms with Crippen molar-refractivity contribution < 1.29 is 9.53 Å². The number of nitrogens with one attached hydrogen (secondary N) is 1. The standard InChI is InChI=1S/C13H24N2O2.ClH/c1-13(2)7-10(13)8-15-12(16)11(14)9-3-5-17-6-4-9;/h9-11H,3-8,14H2,1-2H3,(H,15,16);1H. The van der Waals surface area contributed by atoms with Crippen LogP contribution in [0.3, 0.4) is 0 Å². The van der Waals surface area contributed by atoms with Crippen LogP contribution in [0.4, 0.5) is 0 Å². The van der Waals surface area contributed by atoms with E-state index in [1.165, 1.54) is 6.42 Å². The number of nitrogens with two attached hydrogens (primary N) is 1. The first kappa shape index (κ1) is 15.7. The van der Waals surface area contributed by atoms with Crippen LogP contribution in [0.5, 0.6) is 0 Å². The molecule has 1 aliphatic heterocycles. The molecule has 5 heteroatoms. The second-order valence-corrected chi connectivity index (χ2v) is 6.11. The van der Waals surface area contributed by atoms with E-state index in [2.05, 4.69) is 19.2 Å². The Labute approximate surface area is 115 Å². The van der Waals surface area contributed by atoms with Crippen LogP contribution in [0.25, 0.3) is 0 Å². The van der Waals surface area contributed by atoms with Crippen LogP contribution in [0, 0.1) is 17.3 Å². The first-order chi connectivity index (χ1) is 8.00. The Morgan fingerprint density at radius 3 is 2.50 bits per heavy atom. The number of ether oxygens (including phenoxy) is 1. The Bertz CT molecular complexity index is 291. The van der Waals surface area contributed by atoms with Gasteiger partial charge in [-0.1, -0.05) is 13.8 Å². The lowest BCUT2D eigenvalue weighted by molar-refractivity contribution is -0.124. The van der Waals surface area contributed by atoms with Crippen LogP contribution in [0.1, 0.15) is 33.1 Å². The molecule has 2 fully saturated rings. The fraction of sp³-hybridized carbons (Fsp3) is 0.923. The van der Waals surface area contributed by atoms with Gasteiger partial charge in [-0.05, 0) is 36.5 Å². The van der Waals surface area contributed by atoms with E-state index in [-0.39, 0.29) is 30.3 Å². The Kier molecular flexibility index (Phi) is 5.44. The van der Waals surface area contributed by atoms with Gasteiger partial charge in [-0.2, -0.15) is 0 Å². The first-order valence-electron chi connectivity index (χ1n) is 6.62. The molecule has 1 aliphatic carbocycles. The SMILES string of the molecule is CC1(C)CC1CNC(=O)C(N)C1CCOCC1.Cl. The highest BCUT2D eigenvalue weighted by molar-refractivity contribution is 5.85. The van der Waals surface area contributed by atoms with Gasteiger partial charge in [0.1, 0.15) is 0 Å². The van der Waals surface area contributed by atoms with Gasteiger partial charge in [0.25, 0.3) is 0 Å². The van der Waals surface area contributed by atoms with Gasteiger partial charge >= 0.3 is 0 Å². The summed E-state index contributed by atoms with van der Waals surface area (Å²) in [6.45, 7) is 6.73. The zero-order chi connectivity index (χ0) is 12.5. The van der Waals surface area contributed by atoms with E-state index in [1.807, 2.05) is 0 Å². The van der Waals surface area contributed by atoms with E-state index in [4.69, 9.17) is 10.5 Å². The van der Waals surface area contributed by atoms with Gasteiger partial charge < -0.3 is 15.8 Å². The summed E-state index contributed by atoms with van der Waals surface area (Å²) in [5, 5.41) is 2.99. The molecule has 0 bridgehead atoms. The van der Waals surface area contributed by atoms with Crippen molar-refractivity contribution in [2.45, 2.75) is 39.2 Å². The van der Waals surface area contributed by atoms with Crippen molar-refractivity contribution in [3.05, 3.63) is 0 Å². The van der Waals surface area contributed by atoms with Gasteiger partial charge in [0, 0.05) is 19.8 Å². The molecule has 106 valence electrons. The molecule has 4 nitrogen and oxygen atoms in total. The molecule has 2 rings (SSSR count). The number of amides is 1. The minimum atomic E-state index is -0.360. The van der Waals surface area contributed by atoms with Gasteiger partial charge in [-0.15, -0.1) is 12.4 Å². The Morgan fingerprint density at radius 1 is 1.44 bits per heavy atom. The van der Waals surface area contributed by atoms with Crippen molar-refractivity contribution in [3.63, 3.8) is 0 Å². The first-order valence-corrected chi connectivity index (χ1v) is 6.62. The maximum absolute atomic E-state index is 11.9. The van der Waals surface area contributed by atoms with E-state index in [9.17, 15) is 4.79 Å². The molecule has 1 saturated heterocycles. The summed E-state index contributed by atoms with van der Waals surface area (Å²) >= 11 is 0. The number of rotatable bonds is 4. The normalized spacial score (nSPS) is 28.1. The fourth-order valence-corrected chi connectivity index (χ4v) is 2.56. The Morgan fingerprint density at radius 2 is 2.00 bits per heavy atom. The van der Waals surface area contributed by atoms with Crippen LogP contribution in [-0.2, 0) is 9.53 Å². The molecular weight excluding hydrogens is 252 g/mol. The summed E-state index contributed by atoms with van der Waals surface area (Å²) in [6.07, 6.45) is 3.02. The lowest BCUT2D eigenvalue weighted by atomic mass is 9.92. The van der Waals surface area contributed by atoms with Crippen LogP contribution in [0.2, 0.25) is 0 Å². The highest BCUT2D eigenvalue weighted by Gasteiger charge is 2.45. The Hall–Kier alpha value is -0.320. The third-order valence-electron chi connectivity index (χ3n) is 4.32. The minimum absolute atomic E-state index is 0. The maximum atomic E-state index is 11.9. The highest BCUT2D eigenvalue weighted by atomic mass is 35.5. The molecule has 0 spiro atoms. The van der Waals surface area contributed by atoms with Gasteiger partial charge in [0.2, 0.25) is 5.91 Å². The lowest BCUT2D eigenvalue weighted by Gasteiger charge is -2.26. The molecule has 2 atom stereocenters. The van der Waals surface area contributed by atoms with E-state index in [0.29, 0.717) is 11.3 Å². The molecule has 0 aromatic rings. The summed E-state index contributed by atoms with van der Waals surface area (Å²) in [5.41, 5.74) is 6.41. The second-order valence-electron chi connectivity index (χ2n) is 6.11. The summed E-state index contributed by atoms with van der Waals surface area (Å²) in [4.78, 5) is 11.9. The minimum Gasteiger partial charge on any atom is -0.381 e. The van der Waals surface area contributed by atoms with Gasteiger partial charge in [0.15, 0.2) is 0 Å². The van der Waals surface area contributed by atoms with Crippen molar-refractivity contribution in [1.29, 1.82) is 0 Å². The fourth-order valence-electron chi connectivity index (χ4n) is 2.56. The number of halogens is 1. The lowest BCUT2D eigenvalue weighted by Crippen LogP contribution is -2.47. The number of carbonyl (C=O) groups is 1. The van der Waals surface area contributed by atoms with Crippen LogP contribution >= 0.6 is 12.4 Å². The monoisotopic (exact) mass is 276 g/mol. The van der Waals surface area contributed by atoms with Crippen molar-refractivity contribution in [2.24, 2.45) is 23.0 Å². The molecule has 1 heterocycles. The zero-order valence-electron chi connectivity index (χ0n) is 11.3. The largest absolute Gasteiger partial charge is 0.381 e. The summed E-state index contributed by atoms with van der Waals surface area (Å²) in [6, 6.07) is -0.360. The summed E-state index contributed by atoms with van der Waals surface area (Å²) in [7, 11) is 0. The second kappa shape index (κ2) is 6.22. The number of hydrogen-bond acceptors (Lipinski definition) is 3. The van der Waals surface area contributed by atoms with Crippen molar-refractivity contribution in [2.75, 3.05) is 19.8 Å². The molecule has 2 unspecified atom stereocenters. The van der Waals surface area contributed by atoms with E-state index in [1.54, 1.807) is 0 Å². The summed E-state index contributed by atoms with van der Waals surface area (Å²) < 4.78 is 5.28. The third kappa shape index (κ3) is 3.84. The number of carbonyl (C=O) groups excluding carboxylic acids is 1. The summed E-state index contributed by atoms with van der Waals surface area (Å²) in [5.74, 6) is 0.934. The van der Waals surface area contributed by atoms with Crippen molar-refractivity contribution in [3.8, 4) is 0 Å². The average Bonchev–Trinajstić information content (AvgIpc) is 2.94. The van der Waals surface area contributed by atoms with Crippen LogP contribution in [-0.4, -0.2) is 31.7 Å². The van der Waals surface area contributed by atoms with Gasteiger partial charge in [-0.3, -0.25) is 4.79 Å². The number of hydrogen-bond donors (Lipinski definition) is 2. The molecule has 0 radical (unpaired) electrons. The van der Waals surface area contributed by atoms with Crippen LogP contribution < -0.4 is 11.1 Å². The molecule has 3 N–H and O–H groups in total. The van der Waals surface area contributed by atoms with Gasteiger partial charge in [0.05, 0.1) is 6.04 Å². The predicted molar refractivity (Wildman–Crippen MR) is 73.7 cm³/mol. The molecular formula is C13H25ClN2O2. The topological polar surface area (TPSA) is 64.4 Å². The smallest absolute Gasteiger partial charge is 0.237 e. The van der Waals surface area contributed by atoms with Crippen molar-refractivity contribution in [1.82, 2.24) is 5.32 Å². The Balaban J connectivity index is 0.00000162. The van der Waals surface area contributed by atoms with Gasteiger partial charge in [-0.25, -0.2) is 0 Å². The molecule has 2 aliphatic rings. The quantitative estimate of drug-likeness (QED) is 0.814. The van der Waals surface area contributed by atoms with Crippen LogP contribution in [0.15, 0.2) is 0 Å². The maximum Gasteiger partial charge on any atom is 0.237 e. The van der Waals surface area contributed by atoms with Crippen molar-refractivity contribution >= 4 is 18.3 Å². The third-order valence-corrected chi connectivity index (χ3v) is 4.32.